The first-order chi connectivity index (χ1) is 15.4. The first-order valence-corrected chi connectivity index (χ1v) is 12.9. The maximum atomic E-state index is 13.3. The smallest absolute Gasteiger partial charge is 0.242 e. The van der Waals surface area contributed by atoms with Crippen molar-refractivity contribution in [2.75, 3.05) is 5.75 Å². The van der Waals surface area contributed by atoms with Crippen LogP contribution in [0.15, 0.2) is 42.5 Å². The molecule has 0 heterocycles. The number of nitrogens with zero attached hydrogens (tertiary/aromatic N) is 1. The number of carbonyl (C=O) groups excluding carboxylic acids is 2. The molecule has 0 bridgehead atoms. The summed E-state index contributed by atoms with van der Waals surface area (Å²) in [5, 5.41) is 4.10. The van der Waals surface area contributed by atoms with Gasteiger partial charge in [0.25, 0.3) is 0 Å². The first kappa shape index (κ1) is 24.9. The Labute approximate surface area is 205 Å². The van der Waals surface area contributed by atoms with E-state index in [2.05, 4.69) is 24.4 Å². The average molecular weight is 494 g/mol. The van der Waals surface area contributed by atoms with Crippen LogP contribution < -0.4 is 5.32 Å². The van der Waals surface area contributed by atoms with Crippen LogP contribution >= 0.6 is 35.0 Å². The van der Waals surface area contributed by atoms with Gasteiger partial charge in [0.2, 0.25) is 11.8 Å². The molecule has 0 saturated heterocycles. The lowest BCUT2D eigenvalue weighted by molar-refractivity contribution is -0.138. The van der Waals surface area contributed by atoms with E-state index in [1.54, 1.807) is 41.8 Å². The van der Waals surface area contributed by atoms with Gasteiger partial charge >= 0.3 is 0 Å². The lowest BCUT2D eigenvalue weighted by atomic mass is 10.1. The Kier molecular flexibility index (Phi) is 9.33. The minimum atomic E-state index is -0.616. The van der Waals surface area contributed by atoms with Gasteiger partial charge in [-0.1, -0.05) is 66.4 Å². The number of hydrogen-bond acceptors (Lipinski definition) is 3. The third-order valence-corrected chi connectivity index (χ3v) is 7.68. The maximum absolute atomic E-state index is 13.3. The summed E-state index contributed by atoms with van der Waals surface area (Å²) in [6, 6.07) is 13.0. The standard InChI is InChI=1S/C25H30Cl2N2O2S/c1-17-8-3-4-9-19(17)15-32-16-24(30)29(14-21-22(26)12-7-13-23(21)27)18(2)25(31)28-20-10-5-6-11-20/h3-4,7-9,12-13,18,20H,5-6,10-11,14-16H2,1-2H3,(H,28,31). The highest BCUT2D eigenvalue weighted by molar-refractivity contribution is 7.99. The average Bonchev–Trinajstić information content (AvgIpc) is 3.27. The van der Waals surface area contributed by atoms with Crippen LogP contribution in [0, 0.1) is 6.92 Å². The number of halogens is 2. The van der Waals surface area contributed by atoms with Crippen LogP contribution in [0.1, 0.15) is 49.3 Å². The second-order valence-electron chi connectivity index (χ2n) is 8.31. The Balaban J connectivity index is 1.71. The lowest BCUT2D eigenvalue weighted by Crippen LogP contribution is -2.50. The van der Waals surface area contributed by atoms with E-state index in [9.17, 15) is 9.59 Å². The molecule has 2 amide bonds. The molecule has 1 aliphatic carbocycles. The molecule has 1 N–H and O–H groups in total. The summed E-state index contributed by atoms with van der Waals surface area (Å²) in [5.41, 5.74) is 3.07. The Morgan fingerprint density at radius 2 is 1.75 bits per heavy atom. The number of amides is 2. The minimum Gasteiger partial charge on any atom is -0.352 e. The molecule has 2 aromatic carbocycles. The molecule has 172 valence electrons. The minimum absolute atomic E-state index is 0.103. The summed E-state index contributed by atoms with van der Waals surface area (Å²) in [4.78, 5) is 27.8. The van der Waals surface area contributed by atoms with Crippen molar-refractivity contribution < 1.29 is 9.59 Å². The Bertz CT molecular complexity index is 927. The Hall–Kier alpha value is -1.69. The molecule has 4 nitrogen and oxygen atoms in total. The first-order valence-electron chi connectivity index (χ1n) is 11.0. The molecule has 1 fully saturated rings. The summed E-state index contributed by atoms with van der Waals surface area (Å²) in [5.74, 6) is 0.783. The predicted octanol–water partition coefficient (Wildman–Crippen LogP) is 6.01. The van der Waals surface area contributed by atoms with E-state index in [1.807, 2.05) is 12.1 Å². The number of nitrogens with one attached hydrogen (secondary N) is 1. The van der Waals surface area contributed by atoms with Gasteiger partial charge in [-0.15, -0.1) is 11.8 Å². The summed E-state index contributed by atoms with van der Waals surface area (Å²) < 4.78 is 0. The van der Waals surface area contributed by atoms with Crippen LogP contribution in [-0.2, 0) is 21.9 Å². The molecule has 0 aromatic heterocycles. The van der Waals surface area contributed by atoms with E-state index in [0.717, 1.165) is 31.4 Å². The predicted molar refractivity (Wildman–Crippen MR) is 134 cm³/mol. The molecule has 3 rings (SSSR count). The normalized spacial score (nSPS) is 14.9. The highest BCUT2D eigenvalue weighted by Crippen LogP contribution is 2.27. The molecule has 1 atom stereocenters. The van der Waals surface area contributed by atoms with Crippen LogP contribution in [-0.4, -0.2) is 34.6 Å². The van der Waals surface area contributed by atoms with Gasteiger partial charge in [-0.3, -0.25) is 9.59 Å². The topological polar surface area (TPSA) is 49.4 Å². The molecule has 0 spiro atoms. The van der Waals surface area contributed by atoms with Crippen molar-refractivity contribution in [3.8, 4) is 0 Å². The molecule has 7 heteroatoms. The molecule has 2 aromatic rings. The van der Waals surface area contributed by atoms with Crippen molar-refractivity contribution in [2.45, 2.75) is 63.9 Å². The van der Waals surface area contributed by atoms with E-state index < -0.39 is 6.04 Å². The van der Waals surface area contributed by atoms with Gasteiger partial charge < -0.3 is 10.2 Å². The monoisotopic (exact) mass is 492 g/mol. The van der Waals surface area contributed by atoms with Crippen molar-refractivity contribution in [1.82, 2.24) is 10.2 Å². The van der Waals surface area contributed by atoms with Crippen molar-refractivity contribution in [3.63, 3.8) is 0 Å². The summed E-state index contributed by atoms with van der Waals surface area (Å²) in [7, 11) is 0. The zero-order chi connectivity index (χ0) is 23.1. The van der Waals surface area contributed by atoms with E-state index in [1.165, 1.54) is 11.1 Å². The summed E-state index contributed by atoms with van der Waals surface area (Å²) in [6.07, 6.45) is 4.25. The van der Waals surface area contributed by atoms with Crippen LogP contribution in [0.5, 0.6) is 0 Å². The van der Waals surface area contributed by atoms with Gasteiger partial charge in [-0.2, -0.15) is 0 Å². The second-order valence-corrected chi connectivity index (χ2v) is 10.1. The van der Waals surface area contributed by atoms with E-state index >= 15 is 0 Å². The van der Waals surface area contributed by atoms with Crippen LogP contribution in [0.25, 0.3) is 0 Å². The van der Waals surface area contributed by atoms with Gasteiger partial charge in [-0.05, 0) is 49.9 Å². The summed E-state index contributed by atoms with van der Waals surface area (Å²) >= 11 is 14.3. The molecule has 0 aliphatic heterocycles. The van der Waals surface area contributed by atoms with Gasteiger partial charge in [0, 0.05) is 33.9 Å². The summed E-state index contributed by atoms with van der Waals surface area (Å²) in [6.45, 7) is 4.04. The molecular weight excluding hydrogens is 463 g/mol. The molecule has 1 unspecified atom stereocenters. The van der Waals surface area contributed by atoms with Crippen LogP contribution in [0.2, 0.25) is 10.0 Å². The number of aryl methyl sites for hydroxylation is 1. The van der Waals surface area contributed by atoms with Gasteiger partial charge in [-0.25, -0.2) is 0 Å². The second kappa shape index (κ2) is 12.0. The molecular formula is C25H30Cl2N2O2S. The van der Waals surface area contributed by atoms with E-state index in [0.29, 0.717) is 15.6 Å². The zero-order valence-electron chi connectivity index (χ0n) is 18.6. The largest absolute Gasteiger partial charge is 0.352 e. The fraction of sp³-hybridized carbons (Fsp3) is 0.440. The van der Waals surface area contributed by atoms with Crippen molar-refractivity contribution in [3.05, 3.63) is 69.2 Å². The van der Waals surface area contributed by atoms with Crippen molar-refractivity contribution in [1.29, 1.82) is 0 Å². The van der Waals surface area contributed by atoms with Crippen LogP contribution in [0.4, 0.5) is 0 Å². The molecule has 32 heavy (non-hydrogen) atoms. The highest BCUT2D eigenvalue weighted by Gasteiger charge is 2.29. The van der Waals surface area contributed by atoms with Crippen molar-refractivity contribution in [2.24, 2.45) is 0 Å². The van der Waals surface area contributed by atoms with E-state index in [-0.39, 0.29) is 30.2 Å². The number of benzene rings is 2. The maximum Gasteiger partial charge on any atom is 0.242 e. The highest BCUT2D eigenvalue weighted by atomic mass is 35.5. The molecule has 1 saturated carbocycles. The lowest BCUT2D eigenvalue weighted by Gasteiger charge is -2.30. The third-order valence-electron chi connectivity index (χ3n) is 6.00. The number of rotatable bonds is 9. The quantitative estimate of drug-likeness (QED) is 0.466. The fourth-order valence-corrected chi connectivity index (χ4v) is 5.43. The third kappa shape index (κ3) is 6.66. The number of thioether (sulfide) groups is 1. The Morgan fingerprint density at radius 3 is 2.41 bits per heavy atom. The molecule has 1 aliphatic rings. The fourth-order valence-electron chi connectivity index (χ4n) is 3.93. The SMILES string of the molecule is Cc1ccccc1CSCC(=O)N(Cc1c(Cl)cccc1Cl)C(C)C(=O)NC1CCCC1. The molecule has 0 radical (unpaired) electrons. The number of hydrogen-bond donors (Lipinski definition) is 1. The van der Waals surface area contributed by atoms with Gasteiger partial charge in [0.15, 0.2) is 0 Å². The number of carbonyl (C=O) groups is 2. The zero-order valence-corrected chi connectivity index (χ0v) is 20.9. The van der Waals surface area contributed by atoms with E-state index in [4.69, 9.17) is 23.2 Å². The van der Waals surface area contributed by atoms with Crippen molar-refractivity contribution >= 4 is 46.8 Å². The van der Waals surface area contributed by atoms with Gasteiger partial charge in [0.05, 0.1) is 5.75 Å². The Morgan fingerprint density at radius 1 is 1.09 bits per heavy atom. The van der Waals surface area contributed by atoms with Crippen LogP contribution in [0.3, 0.4) is 0 Å². The van der Waals surface area contributed by atoms with Gasteiger partial charge in [0.1, 0.15) is 6.04 Å².